The Kier molecular flexibility index (Phi) is 9.19. The highest BCUT2D eigenvalue weighted by Gasteiger charge is 2.39. The average molecular weight is 700 g/mol. The first kappa shape index (κ1) is 34.0. The van der Waals surface area contributed by atoms with Gasteiger partial charge in [0, 0.05) is 76.3 Å². The third-order valence-corrected chi connectivity index (χ3v) is 9.37. The molecule has 0 saturated carbocycles. The van der Waals surface area contributed by atoms with E-state index < -0.39 is 17.8 Å². The number of alkyl halides is 3. The van der Waals surface area contributed by atoms with E-state index in [1.165, 1.54) is 48.3 Å². The highest BCUT2D eigenvalue weighted by Crippen LogP contribution is 2.37. The molecule has 0 unspecified atom stereocenters. The van der Waals surface area contributed by atoms with E-state index in [4.69, 9.17) is 11.6 Å². The fourth-order valence-corrected chi connectivity index (χ4v) is 6.44. The summed E-state index contributed by atoms with van der Waals surface area (Å²) in [6.07, 6.45) is 1.94. The van der Waals surface area contributed by atoms with Crippen molar-refractivity contribution >= 4 is 35.0 Å². The van der Waals surface area contributed by atoms with Crippen LogP contribution >= 0.6 is 11.6 Å². The van der Waals surface area contributed by atoms with Gasteiger partial charge < -0.3 is 24.2 Å². The highest BCUT2D eigenvalue weighted by atomic mass is 35.5. The molecule has 4 aromatic rings. The van der Waals surface area contributed by atoms with Gasteiger partial charge in [0.05, 0.1) is 55.2 Å². The molecule has 6 rings (SSSR count). The van der Waals surface area contributed by atoms with Crippen molar-refractivity contribution in [2.45, 2.75) is 19.0 Å². The maximum absolute atomic E-state index is 14.0. The first-order valence-electron chi connectivity index (χ1n) is 15.7. The third-order valence-electron chi connectivity index (χ3n) is 9.06. The minimum atomic E-state index is -4.81. The summed E-state index contributed by atoms with van der Waals surface area (Å²) < 4.78 is 44.9. The zero-order valence-corrected chi connectivity index (χ0v) is 27.9. The molecule has 13 nitrogen and oxygen atoms in total. The van der Waals surface area contributed by atoms with Crippen LogP contribution < -0.4 is 5.32 Å². The van der Waals surface area contributed by atoms with Crippen LogP contribution in [0.1, 0.15) is 39.5 Å². The summed E-state index contributed by atoms with van der Waals surface area (Å²) in [7, 11) is 5.75. The molecule has 3 amide bonds. The van der Waals surface area contributed by atoms with Crippen LogP contribution in [0.4, 0.5) is 18.9 Å². The number of nitrogens with zero attached hydrogens (tertiary/aromatic N) is 9. The molecule has 1 aromatic carbocycles. The number of quaternary nitrogens is 1. The number of aromatic nitrogens is 6. The minimum absolute atomic E-state index is 0.0117. The highest BCUT2D eigenvalue weighted by molar-refractivity contribution is 6.34. The van der Waals surface area contributed by atoms with E-state index in [2.05, 4.69) is 39.5 Å². The Morgan fingerprint density at radius 1 is 0.980 bits per heavy atom. The number of hydrogen-bond donors (Lipinski definition) is 1. The lowest BCUT2D eigenvalue weighted by Gasteiger charge is -2.40. The Morgan fingerprint density at radius 3 is 2.27 bits per heavy atom. The molecule has 49 heavy (non-hydrogen) atoms. The van der Waals surface area contributed by atoms with Gasteiger partial charge >= 0.3 is 6.18 Å². The standard InChI is InChI=1S/C32H34ClF3N10O3/c1-42-25(23-19-45(31-37-9-4-10-38-31)41-26(23)32(34,35)36)18-39-27(42)28(47)40-21-5-6-22(24(33)17-21)30(49)44-13-11-43(12-14-44)29(48)20-7-15-46(2,3)16-8-20/h4-6,9-10,17-20H,7-8,11-16H2,1-3H3/p+1. The molecule has 0 aliphatic carbocycles. The molecule has 0 atom stereocenters. The number of nitrogens with one attached hydrogen (secondary N) is 1. The number of rotatable bonds is 6. The predicted molar refractivity (Wildman–Crippen MR) is 173 cm³/mol. The molecule has 2 aliphatic heterocycles. The summed E-state index contributed by atoms with van der Waals surface area (Å²) in [5.41, 5.74) is -1.02. The molecule has 0 spiro atoms. The van der Waals surface area contributed by atoms with Crippen molar-refractivity contribution in [3.63, 3.8) is 0 Å². The lowest BCUT2D eigenvalue weighted by Crippen LogP contribution is -2.54. The van der Waals surface area contributed by atoms with Gasteiger partial charge in [0.2, 0.25) is 11.9 Å². The Hall–Kier alpha value is -4.83. The van der Waals surface area contributed by atoms with Gasteiger partial charge in [0.15, 0.2) is 11.5 Å². The van der Waals surface area contributed by atoms with E-state index in [9.17, 15) is 27.6 Å². The molecule has 1 N–H and O–H groups in total. The number of halogens is 4. The van der Waals surface area contributed by atoms with E-state index in [0.29, 0.717) is 26.2 Å². The maximum atomic E-state index is 14.0. The molecule has 3 aromatic heterocycles. The number of piperidine rings is 1. The molecule has 2 fully saturated rings. The molecular weight excluding hydrogens is 665 g/mol. The van der Waals surface area contributed by atoms with Gasteiger partial charge in [-0.3, -0.25) is 14.4 Å². The molecular formula is C32H35ClF3N10O3+. The Labute approximate surface area is 284 Å². The molecule has 0 radical (unpaired) electrons. The summed E-state index contributed by atoms with van der Waals surface area (Å²) in [5, 5.41) is 6.40. The number of likely N-dealkylation sites (tertiary alicyclic amines) is 1. The molecule has 258 valence electrons. The van der Waals surface area contributed by atoms with Gasteiger partial charge in [0.25, 0.3) is 11.8 Å². The third kappa shape index (κ3) is 7.15. The Bertz CT molecular complexity index is 1870. The second-order valence-corrected chi connectivity index (χ2v) is 13.2. The number of anilines is 1. The maximum Gasteiger partial charge on any atom is 0.435 e. The topological polar surface area (TPSA) is 131 Å². The number of benzene rings is 1. The summed E-state index contributed by atoms with van der Waals surface area (Å²) in [4.78, 5) is 55.1. The van der Waals surface area contributed by atoms with Crippen LogP contribution in [-0.4, -0.2) is 115 Å². The van der Waals surface area contributed by atoms with Gasteiger partial charge in [-0.2, -0.15) is 18.3 Å². The normalized spacial score (nSPS) is 16.9. The number of hydrogen-bond acceptors (Lipinski definition) is 7. The van der Waals surface area contributed by atoms with Gasteiger partial charge in [-0.1, -0.05) is 11.6 Å². The van der Waals surface area contributed by atoms with E-state index >= 15 is 0 Å². The van der Waals surface area contributed by atoms with E-state index in [1.807, 2.05) is 4.90 Å². The van der Waals surface area contributed by atoms with Crippen LogP contribution in [0.2, 0.25) is 5.02 Å². The summed E-state index contributed by atoms with van der Waals surface area (Å²) in [5.74, 6) is -1.06. The minimum Gasteiger partial charge on any atom is -0.339 e. The van der Waals surface area contributed by atoms with Crippen LogP contribution in [0.25, 0.3) is 17.2 Å². The molecule has 17 heteroatoms. The number of carbonyl (C=O) groups excluding carboxylic acids is 3. The average Bonchev–Trinajstić information content (AvgIpc) is 3.69. The number of imidazole rings is 1. The van der Waals surface area contributed by atoms with Crippen molar-refractivity contribution in [3.8, 4) is 17.2 Å². The van der Waals surface area contributed by atoms with Crippen molar-refractivity contribution < 1.29 is 32.0 Å². The van der Waals surface area contributed by atoms with Crippen LogP contribution in [-0.2, 0) is 18.0 Å². The largest absolute Gasteiger partial charge is 0.435 e. The Balaban J connectivity index is 1.11. The Morgan fingerprint density at radius 2 is 1.63 bits per heavy atom. The van der Waals surface area contributed by atoms with Crippen LogP contribution in [0.3, 0.4) is 0 Å². The lowest BCUT2D eigenvalue weighted by atomic mass is 9.94. The van der Waals surface area contributed by atoms with Gasteiger partial charge in [-0.05, 0) is 24.3 Å². The zero-order chi connectivity index (χ0) is 35.1. The molecule has 5 heterocycles. The second-order valence-electron chi connectivity index (χ2n) is 12.8. The zero-order valence-electron chi connectivity index (χ0n) is 27.1. The first-order valence-corrected chi connectivity index (χ1v) is 16.1. The van der Waals surface area contributed by atoms with E-state index in [0.717, 1.165) is 47.5 Å². The number of piperazine rings is 1. The number of carbonyl (C=O) groups is 3. The SMILES string of the molecule is Cn1c(-c2cn(-c3ncccn3)nc2C(F)(F)F)cnc1C(=O)Nc1ccc(C(=O)N2CCN(C(=O)C3CC[N+](C)(C)CC3)CC2)c(Cl)c1. The molecule has 0 bridgehead atoms. The second kappa shape index (κ2) is 13.2. The van der Waals surface area contributed by atoms with Crippen LogP contribution in [0.15, 0.2) is 49.1 Å². The first-order chi connectivity index (χ1) is 23.2. The van der Waals surface area contributed by atoms with Crippen molar-refractivity contribution in [1.82, 2.24) is 39.1 Å². The van der Waals surface area contributed by atoms with Crippen molar-refractivity contribution in [1.29, 1.82) is 0 Å². The van der Waals surface area contributed by atoms with Crippen LogP contribution in [0.5, 0.6) is 0 Å². The smallest absolute Gasteiger partial charge is 0.339 e. The predicted octanol–water partition coefficient (Wildman–Crippen LogP) is 3.76. The van der Waals surface area contributed by atoms with Crippen molar-refractivity contribution in [2.24, 2.45) is 13.0 Å². The van der Waals surface area contributed by atoms with Gasteiger partial charge in [-0.25, -0.2) is 19.6 Å². The summed E-state index contributed by atoms with van der Waals surface area (Å²) >= 11 is 6.49. The summed E-state index contributed by atoms with van der Waals surface area (Å²) in [6.45, 7) is 3.58. The fraction of sp³-hybridized carbons (Fsp3) is 0.406. The fourth-order valence-electron chi connectivity index (χ4n) is 6.18. The number of amides is 3. The lowest BCUT2D eigenvalue weighted by molar-refractivity contribution is -0.895. The van der Waals surface area contributed by atoms with Crippen molar-refractivity contribution in [3.05, 3.63) is 71.2 Å². The van der Waals surface area contributed by atoms with Gasteiger partial charge in [-0.15, -0.1) is 0 Å². The van der Waals surface area contributed by atoms with Gasteiger partial charge in [0.1, 0.15) is 0 Å². The summed E-state index contributed by atoms with van der Waals surface area (Å²) in [6, 6.07) is 5.95. The molecule has 2 aliphatic rings. The van der Waals surface area contributed by atoms with Crippen molar-refractivity contribution in [2.75, 3.05) is 58.7 Å². The van der Waals surface area contributed by atoms with E-state index in [-0.39, 0.29) is 57.0 Å². The monoisotopic (exact) mass is 699 g/mol. The van der Waals surface area contributed by atoms with Crippen LogP contribution in [0, 0.1) is 5.92 Å². The molecule has 2 saturated heterocycles. The quantitative estimate of drug-likeness (QED) is 0.304. The van der Waals surface area contributed by atoms with E-state index in [1.54, 1.807) is 4.90 Å².